The molecule has 0 rings (SSSR count). The summed E-state index contributed by atoms with van der Waals surface area (Å²) in [4.78, 5) is 0. The van der Waals surface area contributed by atoms with E-state index in [2.05, 4.69) is 0 Å². The van der Waals surface area contributed by atoms with Crippen LogP contribution in [0.15, 0.2) is 0 Å². The van der Waals surface area contributed by atoms with Gasteiger partial charge in [0.05, 0.1) is 6.61 Å². The molecule has 2 nitrogen and oxygen atoms in total. The third kappa shape index (κ3) is 4.05. The number of rotatable bonds is 3. The lowest BCUT2D eigenvalue weighted by Crippen LogP contribution is -2.24. The van der Waals surface area contributed by atoms with Crippen LogP contribution >= 0.6 is 11.6 Å². The van der Waals surface area contributed by atoms with Crippen molar-refractivity contribution in [3.8, 4) is 0 Å². The van der Waals surface area contributed by atoms with Gasteiger partial charge in [-0.05, 0) is 6.42 Å². The maximum absolute atomic E-state index is 8.28. The molecule has 0 spiro atoms. The molecule has 0 radical (unpaired) electrons. The van der Waals surface area contributed by atoms with Crippen LogP contribution in [-0.2, 0) is 0 Å². The summed E-state index contributed by atoms with van der Waals surface area (Å²) in [5.74, 6) is 0.529. The molecule has 0 saturated heterocycles. The second kappa shape index (κ2) is 4.37. The molecule has 0 aromatic carbocycles. The van der Waals surface area contributed by atoms with Crippen LogP contribution in [0.3, 0.4) is 0 Å². The van der Waals surface area contributed by atoms with Crippen LogP contribution in [0.5, 0.6) is 0 Å². The molecule has 0 heterocycles. The lowest BCUT2D eigenvalue weighted by molar-refractivity contribution is 0.263. The van der Waals surface area contributed by atoms with Crippen LogP contribution < -0.4 is 5.73 Å². The van der Waals surface area contributed by atoms with Crippen molar-refractivity contribution in [1.82, 2.24) is 0 Å². The average Bonchev–Trinajstić information content (AvgIpc) is 1.68. The van der Waals surface area contributed by atoms with E-state index in [4.69, 9.17) is 22.4 Å². The Balaban J connectivity index is 2.83. The molecule has 0 saturated carbocycles. The van der Waals surface area contributed by atoms with Crippen LogP contribution in [0.1, 0.15) is 6.42 Å². The Morgan fingerprint density at radius 1 is 1.71 bits per heavy atom. The molecule has 0 bridgehead atoms. The Labute approximate surface area is 48.3 Å². The van der Waals surface area contributed by atoms with Crippen LogP contribution in [0, 0.1) is 0 Å². The Bertz CT molecular complexity index is 42.7. The highest BCUT2D eigenvalue weighted by atomic mass is 35.5. The molecule has 3 N–H and O–H groups in total. The average molecular weight is 124 g/mol. The van der Waals surface area contributed by atoms with Crippen molar-refractivity contribution in [1.29, 1.82) is 0 Å². The molecule has 0 aliphatic carbocycles. The Kier molecular flexibility index (Phi) is 4.50. The van der Waals surface area contributed by atoms with Crippen molar-refractivity contribution in [3.63, 3.8) is 0 Å². The highest BCUT2D eigenvalue weighted by Gasteiger charge is 1.95. The number of halogens is 1. The zero-order valence-corrected chi connectivity index (χ0v) is 4.86. The zero-order chi connectivity index (χ0) is 5.70. The molecule has 0 aromatic rings. The summed E-state index contributed by atoms with van der Waals surface area (Å²) in [6.07, 6.45) is 0.693. The van der Waals surface area contributed by atoms with E-state index < -0.39 is 0 Å². The van der Waals surface area contributed by atoms with E-state index in [0.717, 1.165) is 0 Å². The lowest BCUT2D eigenvalue weighted by Gasteiger charge is -2.01. The van der Waals surface area contributed by atoms with Gasteiger partial charge in [-0.2, -0.15) is 0 Å². The zero-order valence-electron chi connectivity index (χ0n) is 4.10. The summed E-state index contributed by atoms with van der Waals surface area (Å²) >= 11 is 5.28. The summed E-state index contributed by atoms with van der Waals surface area (Å²) in [6.45, 7) is 0.0344. The molecule has 3 heteroatoms. The van der Waals surface area contributed by atoms with Gasteiger partial charge in [-0.15, -0.1) is 11.6 Å². The van der Waals surface area contributed by atoms with Crippen molar-refractivity contribution in [2.24, 2.45) is 5.73 Å². The molecule has 0 aliphatic rings. The molecule has 0 aromatic heterocycles. The Morgan fingerprint density at radius 3 is 2.43 bits per heavy atom. The van der Waals surface area contributed by atoms with Gasteiger partial charge in [0.1, 0.15) is 0 Å². The van der Waals surface area contributed by atoms with E-state index >= 15 is 0 Å². The Morgan fingerprint density at radius 2 is 2.29 bits per heavy atom. The van der Waals surface area contributed by atoms with Gasteiger partial charge in [0.2, 0.25) is 0 Å². The first kappa shape index (κ1) is 7.21. The molecule has 0 amide bonds. The quantitative estimate of drug-likeness (QED) is 0.517. The first-order valence-electron chi connectivity index (χ1n) is 2.23. The number of hydrogen-bond donors (Lipinski definition) is 2. The fraction of sp³-hybridized carbons (Fsp3) is 1.00. The van der Waals surface area contributed by atoms with Crippen LogP contribution in [-0.4, -0.2) is 23.6 Å². The monoisotopic (exact) mass is 123 g/mol. The molecule has 1 unspecified atom stereocenters. The second-order valence-corrected chi connectivity index (χ2v) is 1.80. The van der Waals surface area contributed by atoms with E-state index in [1.807, 2.05) is 0 Å². The maximum atomic E-state index is 8.28. The van der Waals surface area contributed by atoms with Crippen LogP contribution in [0.25, 0.3) is 0 Å². The van der Waals surface area contributed by atoms with Gasteiger partial charge in [0, 0.05) is 11.9 Å². The minimum absolute atomic E-state index is 0.0344. The van der Waals surface area contributed by atoms with E-state index in [9.17, 15) is 0 Å². The van der Waals surface area contributed by atoms with Gasteiger partial charge in [0.25, 0.3) is 0 Å². The first-order chi connectivity index (χ1) is 3.31. The van der Waals surface area contributed by atoms with Crippen LogP contribution in [0.4, 0.5) is 0 Å². The molecule has 7 heavy (non-hydrogen) atoms. The van der Waals surface area contributed by atoms with Crippen molar-refractivity contribution >= 4 is 11.6 Å². The summed E-state index contributed by atoms with van der Waals surface area (Å²) in [6, 6.07) is -0.127. The molecular weight excluding hydrogens is 114 g/mol. The highest BCUT2D eigenvalue weighted by Crippen LogP contribution is 1.87. The van der Waals surface area contributed by atoms with Gasteiger partial charge >= 0.3 is 0 Å². The fourth-order valence-corrected chi connectivity index (χ4v) is 0.512. The summed E-state index contributed by atoms with van der Waals surface area (Å²) in [5, 5.41) is 8.28. The van der Waals surface area contributed by atoms with Gasteiger partial charge in [-0.1, -0.05) is 0 Å². The van der Waals surface area contributed by atoms with Crippen molar-refractivity contribution in [2.75, 3.05) is 12.5 Å². The minimum Gasteiger partial charge on any atom is -0.395 e. The normalized spacial score (nSPS) is 14.1. The van der Waals surface area contributed by atoms with Crippen LogP contribution in [0.2, 0.25) is 0 Å². The van der Waals surface area contributed by atoms with E-state index in [1.54, 1.807) is 0 Å². The highest BCUT2D eigenvalue weighted by molar-refractivity contribution is 6.17. The summed E-state index contributed by atoms with van der Waals surface area (Å²) in [5.41, 5.74) is 5.25. The van der Waals surface area contributed by atoms with Gasteiger partial charge < -0.3 is 10.8 Å². The smallest absolute Gasteiger partial charge is 0.0582 e. The summed E-state index contributed by atoms with van der Waals surface area (Å²) in [7, 11) is 0. The van der Waals surface area contributed by atoms with E-state index in [0.29, 0.717) is 12.3 Å². The Hall–Kier alpha value is 0.210. The van der Waals surface area contributed by atoms with Crippen molar-refractivity contribution < 1.29 is 5.11 Å². The number of aliphatic hydroxyl groups excluding tert-OH is 1. The fourth-order valence-electron chi connectivity index (χ4n) is 0.231. The van der Waals surface area contributed by atoms with Gasteiger partial charge in [0.15, 0.2) is 0 Å². The van der Waals surface area contributed by atoms with E-state index in [-0.39, 0.29) is 12.6 Å². The van der Waals surface area contributed by atoms with Crippen molar-refractivity contribution in [3.05, 3.63) is 0 Å². The SMILES string of the molecule is NC(CO)CCCl. The maximum Gasteiger partial charge on any atom is 0.0582 e. The standard InChI is InChI=1S/C4H10ClNO/c5-2-1-4(6)3-7/h4,7H,1-3,6H2. The summed E-state index contributed by atoms with van der Waals surface area (Å²) < 4.78 is 0. The third-order valence-electron chi connectivity index (χ3n) is 0.714. The molecule has 44 valence electrons. The minimum atomic E-state index is -0.127. The third-order valence-corrected chi connectivity index (χ3v) is 0.933. The predicted octanol–water partition coefficient (Wildman–Crippen LogP) is -0.0651. The number of hydrogen-bond acceptors (Lipinski definition) is 2. The van der Waals surface area contributed by atoms with E-state index in [1.165, 1.54) is 0 Å². The molecule has 0 aliphatic heterocycles. The number of nitrogens with two attached hydrogens (primary N) is 1. The number of alkyl halides is 1. The topological polar surface area (TPSA) is 46.2 Å². The molecular formula is C4H10ClNO. The molecule has 0 fully saturated rings. The number of aliphatic hydroxyl groups is 1. The lowest BCUT2D eigenvalue weighted by atomic mass is 10.3. The molecule has 1 atom stereocenters. The predicted molar refractivity (Wildman–Crippen MR) is 30.4 cm³/mol. The largest absolute Gasteiger partial charge is 0.395 e. The second-order valence-electron chi connectivity index (χ2n) is 1.42. The van der Waals surface area contributed by atoms with Crippen molar-refractivity contribution in [2.45, 2.75) is 12.5 Å². The van der Waals surface area contributed by atoms with Gasteiger partial charge in [-0.25, -0.2) is 0 Å². The van der Waals surface area contributed by atoms with Gasteiger partial charge in [-0.3, -0.25) is 0 Å². The first-order valence-corrected chi connectivity index (χ1v) is 2.77.